The zero-order valence-electron chi connectivity index (χ0n) is 20.6. The highest BCUT2D eigenvalue weighted by atomic mass is 19.4. The molecule has 0 aromatic heterocycles. The Balaban J connectivity index is 2.11. The van der Waals surface area contributed by atoms with Crippen molar-refractivity contribution in [2.75, 3.05) is 18.1 Å². The highest BCUT2D eigenvalue weighted by Gasteiger charge is 2.30. The fourth-order valence-corrected chi connectivity index (χ4v) is 4.87. The molecule has 1 saturated heterocycles. The molecule has 0 saturated carbocycles. The number of piperidine rings is 1. The molecule has 3 nitrogen and oxygen atoms in total. The second-order valence-electron chi connectivity index (χ2n) is 9.57. The number of carbonyl (C=O) groups excluding carboxylic acids is 1. The van der Waals surface area contributed by atoms with Crippen LogP contribution in [0.25, 0.3) is 11.1 Å². The summed E-state index contributed by atoms with van der Waals surface area (Å²) in [7, 11) is 0. The summed E-state index contributed by atoms with van der Waals surface area (Å²) in [5, 5.41) is 0. The number of esters is 1. The smallest absolute Gasteiger partial charge is 0.416 e. The molecule has 0 radical (unpaired) electrons. The van der Waals surface area contributed by atoms with Crippen molar-refractivity contribution in [3.05, 3.63) is 53.6 Å². The summed E-state index contributed by atoms with van der Waals surface area (Å²) in [5.41, 5.74) is 2.74. The molecule has 2 unspecified atom stereocenters. The molecule has 6 heteroatoms. The molecule has 186 valence electrons. The second kappa shape index (κ2) is 11.3. The SMILES string of the molecule is CCOC(=O)C(CC(C)C)c1cc(-c2ccc(C(F)(F)F)cc2)cc(N2CCCCC2CC)c1. The van der Waals surface area contributed by atoms with E-state index < -0.39 is 17.7 Å². The van der Waals surface area contributed by atoms with Gasteiger partial charge in [-0.2, -0.15) is 13.2 Å². The van der Waals surface area contributed by atoms with Gasteiger partial charge in [-0.25, -0.2) is 0 Å². The summed E-state index contributed by atoms with van der Waals surface area (Å²) < 4.78 is 44.7. The maximum absolute atomic E-state index is 13.1. The molecule has 0 aliphatic carbocycles. The quantitative estimate of drug-likeness (QED) is 0.364. The molecule has 2 aromatic rings. The Morgan fingerprint density at radius 2 is 1.76 bits per heavy atom. The third-order valence-electron chi connectivity index (χ3n) is 6.60. The van der Waals surface area contributed by atoms with Crippen molar-refractivity contribution in [3.63, 3.8) is 0 Å². The Hall–Kier alpha value is -2.50. The zero-order chi connectivity index (χ0) is 24.9. The van der Waals surface area contributed by atoms with Crippen molar-refractivity contribution in [2.24, 2.45) is 5.92 Å². The molecule has 1 aliphatic rings. The van der Waals surface area contributed by atoms with Gasteiger partial charge in [-0.05, 0) is 85.9 Å². The fraction of sp³-hybridized carbons (Fsp3) is 0.536. The van der Waals surface area contributed by atoms with Crippen molar-refractivity contribution in [1.29, 1.82) is 0 Å². The van der Waals surface area contributed by atoms with Gasteiger partial charge < -0.3 is 9.64 Å². The van der Waals surface area contributed by atoms with Gasteiger partial charge in [-0.1, -0.05) is 39.0 Å². The number of rotatable bonds is 8. The van der Waals surface area contributed by atoms with Gasteiger partial charge in [0.25, 0.3) is 0 Å². The molecular weight excluding hydrogens is 439 g/mol. The third kappa shape index (κ3) is 6.34. The molecule has 0 spiro atoms. The molecule has 1 fully saturated rings. The van der Waals surface area contributed by atoms with Crippen LogP contribution in [0.3, 0.4) is 0 Å². The van der Waals surface area contributed by atoms with Gasteiger partial charge >= 0.3 is 12.1 Å². The highest BCUT2D eigenvalue weighted by molar-refractivity contribution is 5.81. The number of hydrogen-bond acceptors (Lipinski definition) is 3. The lowest BCUT2D eigenvalue weighted by atomic mass is 9.87. The number of benzene rings is 2. The Labute approximate surface area is 201 Å². The van der Waals surface area contributed by atoms with Gasteiger partial charge in [-0.3, -0.25) is 4.79 Å². The van der Waals surface area contributed by atoms with E-state index in [4.69, 9.17) is 4.74 Å². The fourth-order valence-electron chi connectivity index (χ4n) is 4.87. The van der Waals surface area contributed by atoms with Crippen LogP contribution in [0.4, 0.5) is 18.9 Å². The standard InChI is InChI=1S/C28H36F3NO2/c1-5-24-9-7-8-14-32(24)25-17-21(20-10-12-23(13-11-20)28(29,30)31)16-22(18-25)26(15-19(3)4)27(33)34-6-2/h10-13,16-19,24,26H,5-9,14-15H2,1-4H3. The van der Waals surface area contributed by atoms with Crippen LogP contribution in [0.1, 0.15) is 76.8 Å². The molecule has 1 heterocycles. The van der Waals surface area contributed by atoms with E-state index in [9.17, 15) is 18.0 Å². The number of halogens is 3. The van der Waals surface area contributed by atoms with Gasteiger partial charge in [0.1, 0.15) is 0 Å². The molecule has 0 amide bonds. The third-order valence-corrected chi connectivity index (χ3v) is 6.60. The summed E-state index contributed by atoms with van der Waals surface area (Å²) in [6, 6.07) is 11.8. The van der Waals surface area contributed by atoms with Gasteiger partial charge in [0.2, 0.25) is 0 Å². The highest BCUT2D eigenvalue weighted by Crippen LogP contribution is 2.37. The summed E-state index contributed by atoms with van der Waals surface area (Å²) in [6.07, 6.45) is 0.700. The molecule has 2 atom stereocenters. The maximum atomic E-state index is 13.1. The first-order valence-electron chi connectivity index (χ1n) is 12.4. The Morgan fingerprint density at radius 3 is 2.35 bits per heavy atom. The summed E-state index contributed by atoms with van der Waals surface area (Å²) >= 11 is 0. The van der Waals surface area contributed by atoms with Crippen LogP contribution in [0, 0.1) is 5.92 Å². The lowest BCUT2D eigenvalue weighted by molar-refractivity contribution is -0.145. The van der Waals surface area contributed by atoms with E-state index in [0.29, 0.717) is 24.6 Å². The van der Waals surface area contributed by atoms with E-state index >= 15 is 0 Å². The van der Waals surface area contributed by atoms with Gasteiger partial charge in [0.15, 0.2) is 0 Å². The van der Waals surface area contributed by atoms with Crippen molar-refractivity contribution < 1.29 is 22.7 Å². The normalized spacial score (nSPS) is 17.6. The van der Waals surface area contributed by atoms with Crippen LogP contribution < -0.4 is 4.90 Å². The van der Waals surface area contributed by atoms with Crippen LogP contribution in [-0.2, 0) is 15.7 Å². The average Bonchev–Trinajstić information content (AvgIpc) is 2.81. The first kappa shape index (κ1) is 26.1. The van der Waals surface area contributed by atoms with Gasteiger partial charge in [-0.15, -0.1) is 0 Å². The van der Waals surface area contributed by atoms with Crippen LogP contribution in [0.15, 0.2) is 42.5 Å². The first-order valence-corrected chi connectivity index (χ1v) is 12.4. The number of hydrogen-bond donors (Lipinski definition) is 0. The molecule has 2 aromatic carbocycles. The lowest BCUT2D eigenvalue weighted by Gasteiger charge is -2.38. The predicted octanol–water partition coefficient (Wildman–Crippen LogP) is 7.83. The maximum Gasteiger partial charge on any atom is 0.416 e. The van der Waals surface area contributed by atoms with Gasteiger partial charge in [0, 0.05) is 18.3 Å². The Bertz CT molecular complexity index is 953. The topological polar surface area (TPSA) is 29.5 Å². The summed E-state index contributed by atoms with van der Waals surface area (Å²) in [4.78, 5) is 15.3. The average molecular weight is 476 g/mol. The van der Waals surface area contributed by atoms with Crippen molar-refractivity contribution in [2.45, 2.75) is 77.9 Å². The Kier molecular flexibility index (Phi) is 8.67. The first-order chi connectivity index (χ1) is 16.1. The van der Waals surface area contributed by atoms with Gasteiger partial charge in [0.05, 0.1) is 18.1 Å². The van der Waals surface area contributed by atoms with E-state index in [0.717, 1.165) is 54.8 Å². The molecule has 0 N–H and O–H groups in total. The van der Waals surface area contributed by atoms with Crippen molar-refractivity contribution >= 4 is 11.7 Å². The number of ether oxygens (including phenoxy) is 1. The van der Waals surface area contributed by atoms with E-state index in [1.165, 1.54) is 18.6 Å². The molecule has 34 heavy (non-hydrogen) atoms. The van der Waals surface area contributed by atoms with E-state index in [1.54, 1.807) is 6.92 Å². The minimum Gasteiger partial charge on any atom is -0.466 e. The van der Waals surface area contributed by atoms with Crippen LogP contribution in [0.2, 0.25) is 0 Å². The number of anilines is 1. The molecule has 3 rings (SSSR count). The predicted molar refractivity (Wildman–Crippen MR) is 131 cm³/mol. The van der Waals surface area contributed by atoms with Crippen molar-refractivity contribution in [3.8, 4) is 11.1 Å². The van der Waals surface area contributed by atoms with E-state index in [1.807, 2.05) is 6.07 Å². The van der Waals surface area contributed by atoms with E-state index in [-0.39, 0.29) is 11.9 Å². The number of carbonyl (C=O) groups is 1. The van der Waals surface area contributed by atoms with Crippen molar-refractivity contribution in [1.82, 2.24) is 0 Å². The number of nitrogens with zero attached hydrogens (tertiary/aromatic N) is 1. The van der Waals surface area contributed by atoms with Crippen LogP contribution in [0.5, 0.6) is 0 Å². The Morgan fingerprint density at radius 1 is 1.06 bits per heavy atom. The lowest BCUT2D eigenvalue weighted by Crippen LogP contribution is -2.39. The summed E-state index contributed by atoms with van der Waals surface area (Å²) in [6.45, 7) is 9.37. The monoisotopic (exact) mass is 475 g/mol. The number of alkyl halides is 3. The molecule has 0 bridgehead atoms. The van der Waals surface area contributed by atoms with Crippen LogP contribution in [-0.4, -0.2) is 25.2 Å². The minimum atomic E-state index is -4.38. The second-order valence-corrected chi connectivity index (χ2v) is 9.57. The minimum absolute atomic E-state index is 0.252. The van der Waals surface area contributed by atoms with E-state index in [2.05, 4.69) is 37.8 Å². The zero-order valence-corrected chi connectivity index (χ0v) is 20.6. The molecule has 1 aliphatic heterocycles. The molecular formula is C28H36F3NO2. The largest absolute Gasteiger partial charge is 0.466 e. The van der Waals surface area contributed by atoms with Crippen LogP contribution >= 0.6 is 0 Å². The summed E-state index contributed by atoms with van der Waals surface area (Å²) in [5.74, 6) is -0.388.